The van der Waals surface area contributed by atoms with Crippen LogP contribution in [-0.4, -0.2) is 24.9 Å². The van der Waals surface area contributed by atoms with E-state index in [0.717, 1.165) is 11.3 Å². The van der Waals surface area contributed by atoms with E-state index in [1.54, 1.807) is 6.08 Å². The van der Waals surface area contributed by atoms with Gasteiger partial charge in [-0.2, -0.15) is 0 Å². The highest BCUT2D eigenvalue weighted by atomic mass is 16.5. The van der Waals surface area contributed by atoms with Crippen LogP contribution in [0.2, 0.25) is 0 Å². The summed E-state index contributed by atoms with van der Waals surface area (Å²) in [5, 5.41) is 8.62. The van der Waals surface area contributed by atoms with Gasteiger partial charge in [-0.15, -0.1) is 0 Å². The molecule has 0 aliphatic heterocycles. The van der Waals surface area contributed by atoms with Gasteiger partial charge in [0.2, 0.25) is 0 Å². The molecule has 0 atom stereocenters. The van der Waals surface area contributed by atoms with Crippen molar-refractivity contribution >= 4 is 6.08 Å². The standard InChI is InChI=1S/C13H16O3/c1-2-15-10-11-16-13-7-5-12(6-8-13)4-3-9-14/h2-8,14H,1,9-11H2. The minimum Gasteiger partial charge on any atom is -0.498 e. The molecule has 0 aliphatic carbocycles. The van der Waals surface area contributed by atoms with Crippen LogP contribution < -0.4 is 4.74 Å². The fourth-order valence-electron chi connectivity index (χ4n) is 1.15. The van der Waals surface area contributed by atoms with Crippen LogP contribution in [0.5, 0.6) is 5.75 Å². The summed E-state index contributed by atoms with van der Waals surface area (Å²) in [7, 11) is 0. The first-order valence-electron chi connectivity index (χ1n) is 5.09. The molecule has 0 bridgehead atoms. The van der Waals surface area contributed by atoms with Gasteiger partial charge in [-0.1, -0.05) is 30.9 Å². The molecule has 3 heteroatoms. The maximum Gasteiger partial charge on any atom is 0.122 e. The molecule has 0 amide bonds. The first-order valence-corrected chi connectivity index (χ1v) is 5.09. The monoisotopic (exact) mass is 220 g/mol. The molecule has 0 radical (unpaired) electrons. The van der Waals surface area contributed by atoms with Crippen molar-refractivity contribution in [3.63, 3.8) is 0 Å². The van der Waals surface area contributed by atoms with Gasteiger partial charge >= 0.3 is 0 Å². The van der Waals surface area contributed by atoms with Crippen LogP contribution >= 0.6 is 0 Å². The molecule has 0 saturated heterocycles. The van der Waals surface area contributed by atoms with Crippen molar-refractivity contribution < 1.29 is 14.6 Å². The fraction of sp³-hybridized carbons (Fsp3) is 0.231. The van der Waals surface area contributed by atoms with Crippen molar-refractivity contribution in [2.75, 3.05) is 19.8 Å². The molecule has 0 aliphatic rings. The molecular formula is C13H16O3. The average molecular weight is 220 g/mol. The number of hydrogen-bond acceptors (Lipinski definition) is 3. The molecule has 0 fully saturated rings. The second-order valence-corrected chi connectivity index (χ2v) is 3.04. The average Bonchev–Trinajstić information content (AvgIpc) is 2.33. The summed E-state index contributed by atoms with van der Waals surface area (Å²) in [4.78, 5) is 0. The first-order chi connectivity index (χ1) is 7.86. The predicted octanol–water partition coefficient (Wildman–Crippen LogP) is 2.23. The molecule has 0 aromatic heterocycles. The van der Waals surface area contributed by atoms with Crippen molar-refractivity contribution in [1.29, 1.82) is 0 Å². The van der Waals surface area contributed by atoms with Gasteiger partial charge in [-0.05, 0) is 17.7 Å². The summed E-state index contributed by atoms with van der Waals surface area (Å²) < 4.78 is 10.4. The Morgan fingerprint density at radius 1 is 1.19 bits per heavy atom. The predicted molar refractivity (Wildman–Crippen MR) is 64.2 cm³/mol. The molecule has 0 heterocycles. The summed E-state index contributed by atoms with van der Waals surface area (Å²) >= 11 is 0. The maximum absolute atomic E-state index is 8.62. The van der Waals surface area contributed by atoms with Gasteiger partial charge in [0.25, 0.3) is 0 Å². The fourth-order valence-corrected chi connectivity index (χ4v) is 1.15. The Labute approximate surface area is 95.6 Å². The van der Waals surface area contributed by atoms with E-state index in [1.807, 2.05) is 30.3 Å². The molecule has 1 aromatic rings. The molecule has 1 aromatic carbocycles. The zero-order chi connectivity index (χ0) is 11.6. The Morgan fingerprint density at radius 2 is 1.94 bits per heavy atom. The number of hydrogen-bond donors (Lipinski definition) is 1. The van der Waals surface area contributed by atoms with Gasteiger partial charge < -0.3 is 14.6 Å². The zero-order valence-electron chi connectivity index (χ0n) is 9.13. The Morgan fingerprint density at radius 3 is 2.56 bits per heavy atom. The van der Waals surface area contributed by atoms with Crippen LogP contribution in [0.4, 0.5) is 0 Å². The van der Waals surface area contributed by atoms with Gasteiger partial charge in [0.05, 0.1) is 12.9 Å². The smallest absolute Gasteiger partial charge is 0.122 e. The normalized spacial score (nSPS) is 10.3. The molecule has 16 heavy (non-hydrogen) atoms. The number of benzene rings is 1. The summed E-state index contributed by atoms with van der Waals surface area (Å²) in [6, 6.07) is 7.61. The minimum absolute atomic E-state index is 0.0527. The summed E-state index contributed by atoms with van der Waals surface area (Å²) in [5.41, 5.74) is 1.03. The van der Waals surface area contributed by atoms with Gasteiger partial charge in [0.15, 0.2) is 0 Å². The largest absolute Gasteiger partial charge is 0.498 e. The molecule has 1 N–H and O–H groups in total. The number of rotatable bonds is 7. The summed E-state index contributed by atoms with van der Waals surface area (Å²) in [5.74, 6) is 0.800. The van der Waals surface area contributed by atoms with Crippen molar-refractivity contribution in [2.24, 2.45) is 0 Å². The number of ether oxygens (including phenoxy) is 2. The topological polar surface area (TPSA) is 38.7 Å². The van der Waals surface area contributed by atoms with E-state index in [4.69, 9.17) is 14.6 Å². The van der Waals surface area contributed by atoms with Gasteiger partial charge in [-0.3, -0.25) is 0 Å². The van der Waals surface area contributed by atoms with E-state index in [1.165, 1.54) is 6.26 Å². The van der Waals surface area contributed by atoms with E-state index < -0.39 is 0 Å². The van der Waals surface area contributed by atoms with Crippen molar-refractivity contribution in [3.8, 4) is 5.75 Å². The minimum atomic E-state index is 0.0527. The van der Waals surface area contributed by atoms with Crippen molar-refractivity contribution in [3.05, 3.63) is 48.7 Å². The highest BCUT2D eigenvalue weighted by molar-refractivity contribution is 5.50. The van der Waals surface area contributed by atoms with Crippen LogP contribution in [-0.2, 0) is 4.74 Å². The SMILES string of the molecule is C=COCCOc1ccc(C=CCO)cc1. The Kier molecular flexibility index (Phi) is 5.81. The lowest BCUT2D eigenvalue weighted by Crippen LogP contribution is -2.03. The molecule has 0 saturated carbocycles. The Bertz CT molecular complexity index is 328. The van der Waals surface area contributed by atoms with Crippen LogP contribution in [0.15, 0.2) is 43.2 Å². The highest BCUT2D eigenvalue weighted by Crippen LogP contribution is 2.12. The molecule has 3 nitrogen and oxygen atoms in total. The van der Waals surface area contributed by atoms with Crippen LogP contribution in [0.3, 0.4) is 0 Å². The van der Waals surface area contributed by atoms with Crippen LogP contribution in [0.1, 0.15) is 5.56 Å². The summed E-state index contributed by atoms with van der Waals surface area (Å²) in [6.45, 7) is 4.49. The van der Waals surface area contributed by atoms with E-state index in [-0.39, 0.29) is 6.61 Å². The molecular weight excluding hydrogens is 204 g/mol. The van der Waals surface area contributed by atoms with Crippen LogP contribution in [0.25, 0.3) is 6.08 Å². The van der Waals surface area contributed by atoms with E-state index >= 15 is 0 Å². The Hall–Kier alpha value is -1.74. The van der Waals surface area contributed by atoms with E-state index in [9.17, 15) is 0 Å². The molecule has 0 spiro atoms. The van der Waals surface area contributed by atoms with Crippen molar-refractivity contribution in [1.82, 2.24) is 0 Å². The van der Waals surface area contributed by atoms with Gasteiger partial charge in [0, 0.05) is 0 Å². The quantitative estimate of drug-likeness (QED) is 0.565. The number of aliphatic hydroxyl groups is 1. The van der Waals surface area contributed by atoms with E-state index in [0.29, 0.717) is 13.2 Å². The van der Waals surface area contributed by atoms with E-state index in [2.05, 4.69) is 6.58 Å². The number of aliphatic hydroxyl groups excluding tert-OH is 1. The van der Waals surface area contributed by atoms with Crippen LogP contribution in [0, 0.1) is 0 Å². The third-order valence-corrected chi connectivity index (χ3v) is 1.88. The Balaban J connectivity index is 2.38. The second kappa shape index (κ2) is 7.54. The highest BCUT2D eigenvalue weighted by Gasteiger charge is 1.93. The van der Waals surface area contributed by atoms with Gasteiger partial charge in [-0.25, -0.2) is 0 Å². The molecule has 86 valence electrons. The lowest BCUT2D eigenvalue weighted by Gasteiger charge is -2.05. The summed E-state index contributed by atoms with van der Waals surface area (Å²) in [6.07, 6.45) is 4.94. The lowest BCUT2D eigenvalue weighted by atomic mass is 10.2. The molecule has 0 unspecified atom stereocenters. The van der Waals surface area contributed by atoms with Gasteiger partial charge in [0.1, 0.15) is 19.0 Å². The second-order valence-electron chi connectivity index (χ2n) is 3.04. The lowest BCUT2D eigenvalue weighted by molar-refractivity contribution is 0.179. The third-order valence-electron chi connectivity index (χ3n) is 1.88. The zero-order valence-corrected chi connectivity index (χ0v) is 9.13. The first kappa shape index (κ1) is 12.3. The maximum atomic E-state index is 8.62. The van der Waals surface area contributed by atoms with Crippen molar-refractivity contribution in [2.45, 2.75) is 0 Å². The molecule has 1 rings (SSSR count). The third kappa shape index (κ3) is 4.66.